The maximum Gasteiger partial charge on any atom is 0.226 e. The predicted octanol–water partition coefficient (Wildman–Crippen LogP) is 1.33. The summed E-state index contributed by atoms with van der Waals surface area (Å²) in [5, 5.41) is 3.19. The molecule has 1 aromatic rings. The maximum atomic E-state index is 13.4. The van der Waals surface area contributed by atoms with Crippen LogP contribution in [-0.4, -0.2) is 43.6 Å². The number of ether oxygens (including phenoxy) is 1. The maximum absolute atomic E-state index is 13.4. The number of carbonyl (C=O) groups is 1. The van der Waals surface area contributed by atoms with Crippen molar-refractivity contribution >= 4 is 5.91 Å². The number of carbonyl (C=O) groups excluding carboxylic acids is 1. The van der Waals surface area contributed by atoms with Crippen molar-refractivity contribution in [1.29, 1.82) is 0 Å². The van der Waals surface area contributed by atoms with Gasteiger partial charge < -0.3 is 15.0 Å². The number of hydrogen-bond donors (Lipinski definition) is 1. The molecule has 0 spiro atoms. The molecule has 104 valence electrons. The lowest BCUT2D eigenvalue weighted by molar-refractivity contribution is -0.132. The zero-order valence-corrected chi connectivity index (χ0v) is 11.1. The number of amides is 1. The number of nitrogens with zero attached hydrogens (tertiary/aromatic N) is 1. The van der Waals surface area contributed by atoms with Crippen molar-refractivity contribution < 1.29 is 13.9 Å². The van der Waals surface area contributed by atoms with E-state index < -0.39 is 0 Å². The number of hydrogen-bond acceptors (Lipinski definition) is 3. The summed E-state index contributed by atoms with van der Waals surface area (Å²) in [6, 6.07) is 4.71. The third-order valence-electron chi connectivity index (χ3n) is 3.13. The molecule has 0 bridgehead atoms. The molecular formula is C14H19FN2O2. The molecule has 1 aliphatic rings. The minimum Gasteiger partial charge on any atom is -0.490 e. The highest BCUT2D eigenvalue weighted by Gasteiger charge is 2.16. The summed E-state index contributed by atoms with van der Waals surface area (Å²) in [5.74, 6) is -0.108. The Morgan fingerprint density at radius 3 is 2.89 bits per heavy atom. The first-order valence-electron chi connectivity index (χ1n) is 6.54. The van der Waals surface area contributed by atoms with Crippen LogP contribution in [-0.2, 0) is 4.79 Å². The Morgan fingerprint density at radius 1 is 1.42 bits per heavy atom. The van der Waals surface area contributed by atoms with E-state index >= 15 is 0 Å². The summed E-state index contributed by atoms with van der Waals surface area (Å²) in [5.41, 5.74) is 0.935. The normalized spacial score (nSPS) is 15.4. The lowest BCUT2D eigenvalue weighted by Crippen LogP contribution is -2.46. The van der Waals surface area contributed by atoms with Crippen LogP contribution in [0.5, 0.6) is 5.75 Å². The molecule has 0 saturated carbocycles. The molecule has 0 aliphatic carbocycles. The van der Waals surface area contributed by atoms with Gasteiger partial charge in [-0.15, -0.1) is 0 Å². The zero-order valence-electron chi connectivity index (χ0n) is 11.1. The standard InChI is InChI=1S/C14H19FN2O2/c1-11-2-3-12(15)13(10-11)19-9-4-14(18)17-7-5-16-6-8-17/h2-3,10,16H,4-9H2,1H3. The molecule has 0 radical (unpaired) electrons. The van der Waals surface area contributed by atoms with Crippen LogP contribution in [0.1, 0.15) is 12.0 Å². The van der Waals surface area contributed by atoms with Crippen LogP contribution in [0.25, 0.3) is 0 Å². The summed E-state index contributed by atoms with van der Waals surface area (Å²) in [4.78, 5) is 13.7. The first-order valence-corrected chi connectivity index (χ1v) is 6.54. The molecule has 0 atom stereocenters. The molecule has 1 amide bonds. The molecule has 4 nitrogen and oxygen atoms in total. The van der Waals surface area contributed by atoms with Gasteiger partial charge in [-0.25, -0.2) is 4.39 Å². The second kappa shape index (κ2) is 6.52. The summed E-state index contributed by atoms with van der Waals surface area (Å²) < 4.78 is 18.8. The SMILES string of the molecule is Cc1ccc(F)c(OCCC(=O)N2CCNCC2)c1. The molecule has 1 N–H and O–H groups in total. The molecule has 0 aromatic heterocycles. The second-order valence-corrected chi connectivity index (χ2v) is 4.66. The number of halogens is 1. The summed E-state index contributed by atoms with van der Waals surface area (Å²) in [6.45, 7) is 5.22. The lowest BCUT2D eigenvalue weighted by atomic mass is 10.2. The predicted molar refractivity (Wildman–Crippen MR) is 70.7 cm³/mol. The van der Waals surface area contributed by atoms with Gasteiger partial charge in [0.2, 0.25) is 5.91 Å². The molecular weight excluding hydrogens is 247 g/mol. The van der Waals surface area contributed by atoms with E-state index in [1.807, 2.05) is 11.8 Å². The van der Waals surface area contributed by atoms with Gasteiger partial charge in [-0.3, -0.25) is 4.79 Å². The van der Waals surface area contributed by atoms with E-state index in [4.69, 9.17) is 4.74 Å². The van der Waals surface area contributed by atoms with Crippen LogP contribution < -0.4 is 10.1 Å². The van der Waals surface area contributed by atoms with Crippen molar-refractivity contribution in [2.45, 2.75) is 13.3 Å². The van der Waals surface area contributed by atoms with E-state index in [9.17, 15) is 9.18 Å². The van der Waals surface area contributed by atoms with Gasteiger partial charge in [0.05, 0.1) is 13.0 Å². The van der Waals surface area contributed by atoms with E-state index in [2.05, 4.69) is 5.32 Å². The van der Waals surface area contributed by atoms with Crippen molar-refractivity contribution in [1.82, 2.24) is 10.2 Å². The number of benzene rings is 1. The highest BCUT2D eigenvalue weighted by Crippen LogP contribution is 2.18. The smallest absolute Gasteiger partial charge is 0.226 e. The highest BCUT2D eigenvalue weighted by molar-refractivity contribution is 5.76. The Morgan fingerprint density at radius 2 is 2.16 bits per heavy atom. The lowest BCUT2D eigenvalue weighted by Gasteiger charge is -2.27. The summed E-state index contributed by atoms with van der Waals surface area (Å²) >= 11 is 0. The first kappa shape index (κ1) is 13.8. The van der Waals surface area contributed by atoms with Gasteiger partial charge in [0, 0.05) is 26.2 Å². The molecule has 5 heteroatoms. The average molecular weight is 266 g/mol. The highest BCUT2D eigenvalue weighted by atomic mass is 19.1. The molecule has 19 heavy (non-hydrogen) atoms. The minimum absolute atomic E-state index is 0.0644. The van der Waals surface area contributed by atoms with Crippen molar-refractivity contribution in [2.24, 2.45) is 0 Å². The van der Waals surface area contributed by atoms with Crippen LogP contribution in [0.3, 0.4) is 0 Å². The van der Waals surface area contributed by atoms with Crippen molar-refractivity contribution in [2.75, 3.05) is 32.8 Å². The Bertz CT molecular complexity index is 445. The van der Waals surface area contributed by atoms with Gasteiger partial charge in [-0.05, 0) is 24.6 Å². The van der Waals surface area contributed by atoms with Crippen LogP contribution in [0.4, 0.5) is 4.39 Å². The number of nitrogens with one attached hydrogen (secondary N) is 1. The second-order valence-electron chi connectivity index (χ2n) is 4.66. The van der Waals surface area contributed by atoms with E-state index in [0.29, 0.717) is 0 Å². The molecule has 1 aromatic carbocycles. The fraction of sp³-hybridized carbons (Fsp3) is 0.500. The molecule has 1 fully saturated rings. The fourth-order valence-electron chi connectivity index (χ4n) is 2.04. The van der Waals surface area contributed by atoms with Gasteiger partial charge in [0.25, 0.3) is 0 Å². The number of piperazine rings is 1. The zero-order chi connectivity index (χ0) is 13.7. The van der Waals surface area contributed by atoms with Crippen molar-refractivity contribution in [3.8, 4) is 5.75 Å². The van der Waals surface area contributed by atoms with Gasteiger partial charge in [-0.2, -0.15) is 0 Å². The molecule has 1 saturated heterocycles. The topological polar surface area (TPSA) is 41.6 Å². The van der Waals surface area contributed by atoms with Gasteiger partial charge in [0.1, 0.15) is 0 Å². The van der Waals surface area contributed by atoms with Crippen molar-refractivity contribution in [3.05, 3.63) is 29.6 Å². The van der Waals surface area contributed by atoms with Crippen LogP contribution in [0.15, 0.2) is 18.2 Å². The molecule has 2 rings (SSSR count). The Labute approximate surface area is 112 Å². The van der Waals surface area contributed by atoms with Crippen LogP contribution in [0.2, 0.25) is 0 Å². The average Bonchev–Trinajstić information content (AvgIpc) is 2.43. The third-order valence-corrected chi connectivity index (χ3v) is 3.13. The quantitative estimate of drug-likeness (QED) is 0.894. The fourth-order valence-corrected chi connectivity index (χ4v) is 2.04. The van der Waals surface area contributed by atoms with E-state index in [-0.39, 0.29) is 30.5 Å². The van der Waals surface area contributed by atoms with Crippen molar-refractivity contribution in [3.63, 3.8) is 0 Å². The third kappa shape index (κ3) is 3.92. The van der Waals surface area contributed by atoms with E-state index in [1.165, 1.54) is 6.07 Å². The molecule has 1 aliphatic heterocycles. The monoisotopic (exact) mass is 266 g/mol. The summed E-state index contributed by atoms with van der Waals surface area (Å²) in [7, 11) is 0. The van der Waals surface area contributed by atoms with E-state index in [1.54, 1.807) is 12.1 Å². The first-order chi connectivity index (χ1) is 9.16. The Kier molecular flexibility index (Phi) is 4.74. The van der Waals surface area contributed by atoms with Gasteiger partial charge in [-0.1, -0.05) is 6.07 Å². The number of rotatable bonds is 4. The van der Waals surface area contributed by atoms with Gasteiger partial charge >= 0.3 is 0 Å². The Balaban J connectivity index is 1.79. The largest absolute Gasteiger partial charge is 0.490 e. The van der Waals surface area contributed by atoms with Crippen LogP contribution >= 0.6 is 0 Å². The molecule has 1 heterocycles. The molecule has 0 unspecified atom stereocenters. The summed E-state index contributed by atoms with van der Waals surface area (Å²) in [6.07, 6.45) is 0.285. The number of aryl methyl sites for hydroxylation is 1. The van der Waals surface area contributed by atoms with Crippen LogP contribution in [0, 0.1) is 12.7 Å². The van der Waals surface area contributed by atoms with E-state index in [0.717, 1.165) is 31.7 Å². The Hall–Kier alpha value is -1.62. The van der Waals surface area contributed by atoms with Gasteiger partial charge in [0.15, 0.2) is 11.6 Å². The minimum atomic E-state index is -0.389.